The SMILES string of the molecule is COc1ncnc2c(C3CNCCCN3C)c[nH]c12. The van der Waals surface area contributed by atoms with Crippen LogP contribution in [0.1, 0.15) is 18.0 Å². The Bertz CT molecular complexity index is 567. The minimum atomic E-state index is 0.329. The summed E-state index contributed by atoms with van der Waals surface area (Å²) in [5.74, 6) is 0.598. The standard InChI is InChI=1S/C13H19N5O/c1-18-5-3-4-14-7-10(18)9-6-15-12-11(9)16-8-17-13(12)19-2/h6,8,10,14-15H,3-5,7H2,1-2H3. The van der Waals surface area contributed by atoms with Crippen LogP contribution in [0.3, 0.4) is 0 Å². The van der Waals surface area contributed by atoms with Crippen molar-refractivity contribution in [2.24, 2.45) is 0 Å². The van der Waals surface area contributed by atoms with E-state index in [1.54, 1.807) is 13.4 Å². The van der Waals surface area contributed by atoms with Crippen molar-refractivity contribution in [2.75, 3.05) is 33.8 Å². The number of fused-ring (bicyclic) bond motifs is 1. The monoisotopic (exact) mass is 261 g/mol. The van der Waals surface area contributed by atoms with E-state index in [-0.39, 0.29) is 0 Å². The van der Waals surface area contributed by atoms with E-state index < -0.39 is 0 Å². The summed E-state index contributed by atoms with van der Waals surface area (Å²) in [5, 5.41) is 3.48. The molecule has 1 unspecified atom stereocenters. The number of ether oxygens (including phenoxy) is 1. The molecule has 6 nitrogen and oxygen atoms in total. The van der Waals surface area contributed by atoms with Crippen LogP contribution in [0.4, 0.5) is 0 Å². The fourth-order valence-corrected chi connectivity index (χ4v) is 2.70. The first-order valence-electron chi connectivity index (χ1n) is 6.58. The topological polar surface area (TPSA) is 66.1 Å². The Kier molecular flexibility index (Phi) is 3.35. The maximum atomic E-state index is 5.27. The maximum Gasteiger partial charge on any atom is 0.241 e. The molecule has 1 aliphatic rings. The van der Waals surface area contributed by atoms with Crippen LogP contribution in [-0.2, 0) is 0 Å². The molecule has 0 amide bonds. The molecule has 1 atom stereocenters. The Morgan fingerprint density at radius 3 is 3.16 bits per heavy atom. The van der Waals surface area contributed by atoms with Crippen LogP contribution >= 0.6 is 0 Å². The van der Waals surface area contributed by atoms with Gasteiger partial charge in [-0.2, -0.15) is 4.98 Å². The van der Waals surface area contributed by atoms with Crippen LogP contribution in [0.25, 0.3) is 11.0 Å². The average molecular weight is 261 g/mol. The molecule has 102 valence electrons. The molecule has 1 fully saturated rings. The van der Waals surface area contributed by atoms with E-state index in [9.17, 15) is 0 Å². The molecular weight excluding hydrogens is 242 g/mol. The summed E-state index contributed by atoms with van der Waals surface area (Å²) in [6, 6.07) is 0.329. The number of nitrogens with one attached hydrogen (secondary N) is 2. The third kappa shape index (κ3) is 2.17. The summed E-state index contributed by atoms with van der Waals surface area (Å²) in [6.07, 6.45) is 4.76. The lowest BCUT2D eigenvalue weighted by molar-refractivity contribution is 0.263. The largest absolute Gasteiger partial charge is 0.479 e. The van der Waals surface area contributed by atoms with Crippen molar-refractivity contribution in [3.05, 3.63) is 18.1 Å². The second-order valence-electron chi connectivity index (χ2n) is 4.90. The number of hydrogen-bond acceptors (Lipinski definition) is 5. The summed E-state index contributed by atoms with van der Waals surface area (Å²) >= 11 is 0. The Balaban J connectivity index is 2.04. The molecule has 2 N–H and O–H groups in total. The van der Waals surface area contributed by atoms with Gasteiger partial charge in [-0.3, -0.25) is 4.90 Å². The molecule has 0 spiro atoms. The van der Waals surface area contributed by atoms with Gasteiger partial charge in [0.1, 0.15) is 17.4 Å². The molecule has 1 saturated heterocycles. The smallest absolute Gasteiger partial charge is 0.241 e. The molecule has 0 aliphatic carbocycles. The van der Waals surface area contributed by atoms with Crippen LogP contribution in [0.15, 0.2) is 12.5 Å². The molecule has 0 aromatic carbocycles. The molecule has 3 rings (SSSR count). The summed E-state index contributed by atoms with van der Waals surface area (Å²) in [5.41, 5.74) is 3.03. The van der Waals surface area contributed by atoms with Gasteiger partial charge in [-0.25, -0.2) is 4.98 Å². The van der Waals surface area contributed by atoms with Crippen molar-refractivity contribution < 1.29 is 4.74 Å². The van der Waals surface area contributed by atoms with Crippen LogP contribution in [0, 0.1) is 0 Å². The lowest BCUT2D eigenvalue weighted by atomic mass is 10.1. The first-order chi connectivity index (χ1) is 9.31. The maximum absolute atomic E-state index is 5.27. The van der Waals surface area contributed by atoms with E-state index >= 15 is 0 Å². The van der Waals surface area contributed by atoms with Gasteiger partial charge in [-0.1, -0.05) is 0 Å². The molecule has 1 aliphatic heterocycles. The summed E-state index contributed by atoms with van der Waals surface area (Å²) in [4.78, 5) is 14.2. The van der Waals surface area contributed by atoms with Crippen molar-refractivity contribution in [3.63, 3.8) is 0 Å². The first kappa shape index (κ1) is 12.4. The van der Waals surface area contributed by atoms with E-state index in [2.05, 4.69) is 32.2 Å². The highest BCUT2D eigenvalue weighted by Gasteiger charge is 2.23. The lowest BCUT2D eigenvalue weighted by Crippen LogP contribution is -2.29. The van der Waals surface area contributed by atoms with Gasteiger partial charge in [0.05, 0.1) is 13.2 Å². The summed E-state index contributed by atoms with van der Waals surface area (Å²) in [7, 11) is 3.79. The molecule has 0 saturated carbocycles. The number of nitrogens with zero attached hydrogens (tertiary/aromatic N) is 3. The zero-order valence-corrected chi connectivity index (χ0v) is 11.3. The van der Waals surface area contributed by atoms with E-state index in [4.69, 9.17) is 4.74 Å². The van der Waals surface area contributed by atoms with Crippen molar-refractivity contribution in [3.8, 4) is 5.88 Å². The third-order valence-electron chi connectivity index (χ3n) is 3.74. The Morgan fingerprint density at radius 1 is 1.42 bits per heavy atom. The van der Waals surface area contributed by atoms with E-state index in [0.29, 0.717) is 11.9 Å². The minimum Gasteiger partial charge on any atom is -0.479 e. The van der Waals surface area contributed by atoms with Gasteiger partial charge in [0.25, 0.3) is 0 Å². The van der Waals surface area contributed by atoms with Gasteiger partial charge < -0.3 is 15.0 Å². The molecule has 0 bridgehead atoms. The number of aromatic nitrogens is 3. The van der Waals surface area contributed by atoms with Gasteiger partial charge in [0.15, 0.2) is 0 Å². The quantitative estimate of drug-likeness (QED) is 0.842. The van der Waals surface area contributed by atoms with Crippen molar-refractivity contribution >= 4 is 11.0 Å². The van der Waals surface area contributed by atoms with Crippen molar-refractivity contribution in [1.82, 2.24) is 25.2 Å². The Hall–Kier alpha value is -1.66. The van der Waals surface area contributed by atoms with E-state index in [1.165, 1.54) is 12.0 Å². The van der Waals surface area contributed by atoms with Gasteiger partial charge in [-0.15, -0.1) is 0 Å². The average Bonchev–Trinajstić information content (AvgIpc) is 2.75. The summed E-state index contributed by atoms with van der Waals surface area (Å²) < 4.78 is 5.27. The van der Waals surface area contributed by atoms with Crippen LogP contribution in [0.5, 0.6) is 5.88 Å². The number of H-pyrrole nitrogens is 1. The molecule has 2 aromatic rings. The van der Waals surface area contributed by atoms with Gasteiger partial charge in [0.2, 0.25) is 5.88 Å². The van der Waals surface area contributed by atoms with Gasteiger partial charge in [-0.05, 0) is 26.6 Å². The number of rotatable bonds is 2. The zero-order valence-electron chi connectivity index (χ0n) is 11.3. The highest BCUT2D eigenvalue weighted by molar-refractivity contribution is 5.83. The number of methoxy groups -OCH3 is 1. The fraction of sp³-hybridized carbons (Fsp3) is 0.538. The molecule has 19 heavy (non-hydrogen) atoms. The van der Waals surface area contributed by atoms with Crippen LogP contribution < -0.4 is 10.1 Å². The lowest BCUT2D eigenvalue weighted by Gasteiger charge is -2.24. The predicted octanol–water partition coefficient (Wildman–Crippen LogP) is 0.933. The van der Waals surface area contributed by atoms with Crippen molar-refractivity contribution in [1.29, 1.82) is 0 Å². The highest BCUT2D eigenvalue weighted by atomic mass is 16.5. The minimum absolute atomic E-state index is 0.329. The zero-order chi connectivity index (χ0) is 13.2. The number of aromatic amines is 1. The van der Waals surface area contributed by atoms with E-state index in [0.717, 1.165) is 30.7 Å². The van der Waals surface area contributed by atoms with Crippen LogP contribution in [-0.4, -0.2) is 53.6 Å². The summed E-state index contributed by atoms with van der Waals surface area (Å²) in [6.45, 7) is 3.10. The van der Waals surface area contributed by atoms with Crippen molar-refractivity contribution in [2.45, 2.75) is 12.5 Å². The first-order valence-corrected chi connectivity index (χ1v) is 6.58. The highest BCUT2D eigenvalue weighted by Crippen LogP contribution is 2.29. The normalized spacial score (nSPS) is 21.5. The Labute approximate surface area is 112 Å². The number of likely N-dealkylation sites (N-methyl/N-ethyl adjacent to an activating group) is 1. The molecular formula is C13H19N5O. The second kappa shape index (κ2) is 5.14. The van der Waals surface area contributed by atoms with Crippen LogP contribution in [0.2, 0.25) is 0 Å². The van der Waals surface area contributed by atoms with Gasteiger partial charge >= 0.3 is 0 Å². The second-order valence-corrected chi connectivity index (χ2v) is 4.90. The molecule has 3 heterocycles. The fourth-order valence-electron chi connectivity index (χ4n) is 2.70. The third-order valence-corrected chi connectivity index (χ3v) is 3.74. The molecule has 2 aromatic heterocycles. The van der Waals surface area contributed by atoms with Gasteiger partial charge in [0, 0.05) is 18.3 Å². The predicted molar refractivity (Wildman–Crippen MR) is 73.3 cm³/mol. The molecule has 0 radical (unpaired) electrons. The van der Waals surface area contributed by atoms with E-state index in [1.807, 2.05) is 6.20 Å². The Morgan fingerprint density at radius 2 is 2.32 bits per heavy atom. The number of hydrogen-bond donors (Lipinski definition) is 2. The molecule has 6 heteroatoms.